The van der Waals surface area contributed by atoms with Gasteiger partial charge in [-0.1, -0.05) is 38.5 Å². The van der Waals surface area contributed by atoms with Crippen LogP contribution in [-0.4, -0.2) is 35.2 Å². The lowest BCUT2D eigenvalue weighted by Crippen LogP contribution is -2.59. The van der Waals surface area contributed by atoms with Gasteiger partial charge in [-0.15, -0.1) is 0 Å². The molecule has 7 heteroatoms. The summed E-state index contributed by atoms with van der Waals surface area (Å²) in [6.07, 6.45) is 13.5. The molecule has 0 heterocycles. The van der Waals surface area contributed by atoms with Gasteiger partial charge in [0.25, 0.3) is 0 Å². The zero-order valence-corrected chi connectivity index (χ0v) is 21.9. The van der Waals surface area contributed by atoms with Gasteiger partial charge < -0.3 is 12.3 Å². The largest absolute Gasteiger partial charge is 0.439 e. The van der Waals surface area contributed by atoms with Gasteiger partial charge in [-0.05, 0) is 65.0 Å². The molecule has 0 saturated heterocycles. The standard InChI is InChI=1S/C18H42O3Si4/c1-22(2)19-24(5,17-13-9-7-10-14-17)21-25(6,20-23(3)4)18-15-11-8-12-16-18/h17-18,22-23H,7-16H2,1-6H3. The Morgan fingerprint density at radius 1 is 0.600 bits per heavy atom. The molecule has 0 bridgehead atoms. The molecule has 0 amide bonds. The number of hydrogen-bond donors (Lipinski definition) is 0. The summed E-state index contributed by atoms with van der Waals surface area (Å²) < 4.78 is 20.8. The zero-order valence-electron chi connectivity index (χ0n) is 17.6. The van der Waals surface area contributed by atoms with E-state index in [0.717, 1.165) is 0 Å². The van der Waals surface area contributed by atoms with Crippen LogP contribution in [0.1, 0.15) is 64.2 Å². The third-order valence-electron chi connectivity index (χ3n) is 6.04. The lowest BCUT2D eigenvalue weighted by molar-refractivity contribution is 0.274. The van der Waals surface area contributed by atoms with Gasteiger partial charge in [-0.25, -0.2) is 0 Å². The molecule has 2 fully saturated rings. The molecule has 2 rings (SSSR count). The summed E-state index contributed by atoms with van der Waals surface area (Å²) in [5.41, 5.74) is 1.37. The smallest absolute Gasteiger partial charge is 0.318 e. The van der Waals surface area contributed by atoms with Crippen LogP contribution in [0.15, 0.2) is 0 Å². The molecule has 2 unspecified atom stereocenters. The van der Waals surface area contributed by atoms with Gasteiger partial charge in [0, 0.05) is 11.1 Å². The highest BCUT2D eigenvalue weighted by atomic mass is 28.5. The van der Waals surface area contributed by atoms with Crippen molar-refractivity contribution in [3.63, 3.8) is 0 Å². The highest BCUT2D eigenvalue weighted by Gasteiger charge is 2.52. The first-order valence-corrected chi connectivity index (χ1v) is 21.2. The van der Waals surface area contributed by atoms with Crippen LogP contribution in [0.5, 0.6) is 0 Å². The number of hydrogen-bond acceptors (Lipinski definition) is 3. The van der Waals surface area contributed by atoms with Gasteiger partial charge in [0.15, 0.2) is 18.1 Å². The second kappa shape index (κ2) is 9.79. The Morgan fingerprint density at radius 3 is 1.20 bits per heavy atom. The van der Waals surface area contributed by atoms with Gasteiger partial charge in [-0.3, -0.25) is 0 Å². The minimum absolute atomic E-state index is 0.684. The van der Waals surface area contributed by atoms with Crippen molar-refractivity contribution in [3.8, 4) is 0 Å². The van der Waals surface area contributed by atoms with Crippen molar-refractivity contribution in [2.45, 2.75) is 115 Å². The Morgan fingerprint density at radius 2 is 0.920 bits per heavy atom. The molecule has 3 nitrogen and oxygen atoms in total. The molecule has 25 heavy (non-hydrogen) atoms. The van der Waals surface area contributed by atoms with E-state index in [-0.39, 0.29) is 0 Å². The van der Waals surface area contributed by atoms with Crippen LogP contribution < -0.4 is 0 Å². The fraction of sp³-hybridized carbons (Fsp3) is 1.00. The van der Waals surface area contributed by atoms with Crippen LogP contribution in [0.2, 0.25) is 50.4 Å². The third-order valence-corrected chi connectivity index (χ3v) is 20.9. The SMILES string of the molecule is C[SiH](C)O[Si](C)(O[Si](C)(O[SiH](C)C)C1CCCCC1)C1CCCCC1. The van der Waals surface area contributed by atoms with Crippen molar-refractivity contribution in [2.24, 2.45) is 0 Å². The third kappa shape index (κ3) is 6.40. The van der Waals surface area contributed by atoms with E-state index in [1.807, 2.05) is 0 Å². The predicted octanol–water partition coefficient (Wildman–Crippen LogP) is 5.82. The fourth-order valence-corrected chi connectivity index (χ4v) is 22.7. The van der Waals surface area contributed by atoms with Crippen molar-refractivity contribution in [3.05, 3.63) is 0 Å². The Hall–Kier alpha value is 0.748. The van der Waals surface area contributed by atoms with E-state index in [0.29, 0.717) is 11.1 Å². The quantitative estimate of drug-likeness (QED) is 0.465. The Labute approximate surface area is 162 Å². The van der Waals surface area contributed by atoms with Crippen molar-refractivity contribution in [1.82, 2.24) is 0 Å². The van der Waals surface area contributed by atoms with Crippen LogP contribution in [0, 0.1) is 0 Å². The van der Waals surface area contributed by atoms with E-state index in [1.165, 1.54) is 64.2 Å². The van der Waals surface area contributed by atoms with E-state index < -0.39 is 35.2 Å². The Bertz CT molecular complexity index is 362. The van der Waals surface area contributed by atoms with Crippen molar-refractivity contribution >= 4 is 35.2 Å². The number of rotatable bonds is 8. The monoisotopic (exact) mass is 418 g/mol. The molecule has 2 aliphatic rings. The van der Waals surface area contributed by atoms with Crippen molar-refractivity contribution in [1.29, 1.82) is 0 Å². The Balaban J connectivity index is 2.22. The summed E-state index contributed by atoms with van der Waals surface area (Å²) >= 11 is 0. The van der Waals surface area contributed by atoms with Gasteiger partial charge in [-0.2, -0.15) is 0 Å². The van der Waals surface area contributed by atoms with Crippen LogP contribution in [0.3, 0.4) is 0 Å². The minimum Gasteiger partial charge on any atom is -0.439 e. The molecule has 0 radical (unpaired) electrons. The molecule has 2 aliphatic carbocycles. The van der Waals surface area contributed by atoms with E-state index in [1.54, 1.807) is 0 Å². The second-order valence-corrected chi connectivity index (χ2v) is 21.7. The molecule has 0 aromatic rings. The minimum atomic E-state index is -2.18. The summed E-state index contributed by atoms with van der Waals surface area (Å²) in [7, 11) is -6.59. The van der Waals surface area contributed by atoms with Crippen LogP contribution in [0.4, 0.5) is 0 Å². The average Bonchev–Trinajstić information content (AvgIpc) is 2.55. The Kier molecular flexibility index (Phi) is 8.64. The summed E-state index contributed by atoms with van der Waals surface area (Å²) in [5.74, 6) is 0. The molecule has 0 aromatic heterocycles. The lowest BCUT2D eigenvalue weighted by atomic mass is 10.0. The summed E-state index contributed by atoms with van der Waals surface area (Å²) in [6, 6.07) is 0. The summed E-state index contributed by atoms with van der Waals surface area (Å²) in [4.78, 5) is 0. The van der Waals surface area contributed by atoms with Gasteiger partial charge in [0.2, 0.25) is 0 Å². The predicted molar refractivity (Wildman–Crippen MR) is 118 cm³/mol. The maximum absolute atomic E-state index is 7.23. The van der Waals surface area contributed by atoms with Gasteiger partial charge in [0.05, 0.1) is 0 Å². The lowest BCUT2D eigenvalue weighted by Gasteiger charge is -2.47. The normalized spacial score (nSPS) is 25.9. The molecule has 0 aromatic carbocycles. The molecular formula is C18H42O3Si4. The second-order valence-electron chi connectivity index (χ2n) is 9.14. The van der Waals surface area contributed by atoms with E-state index in [9.17, 15) is 0 Å². The molecule has 2 atom stereocenters. The average molecular weight is 419 g/mol. The molecular weight excluding hydrogens is 377 g/mol. The zero-order chi connectivity index (χ0) is 18.5. The molecule has 2 saturated carbocycles. The topological polar surface area (TPSA) is 27.7 Å². The molecule has 0 spiro atoms. The van der Waals surface area contributed by atoms with Gasteiger partial charge >= 0.3 is 17.1 Å². The first kappa shape index (κ1) is 22.0. The summed E-state index contributed by atoms with van der Waals surface area (Å²) in [6.45, 7) is 14.1. The molecule has 0 aliphatic heterocycles. The first-order chi connectivity index (χ1) is 11.8. The van der Waals surface area contributed by atoms with Crippen LogP contribution in [-0.2, 0) is 12.3 Å². The maximum atomic E-state index is 7.23. The van der Waals surface area contributed by atoms with Crippen LogP contribution in [0.25, 0.3) is 0 Å². The summed E-state index contributed by atoms with van der Waals surface area (Å²) in [5, 5.41) is 0. The van der Waals surface area contributed by atoms with E-state index in [4.69, 9.17) is 12.3 Å². The maximum Gasteiger partial charge on any atom is 0.318 e. The highest BCUT2D eigenvalue weighted by molar-refractivity contribution is 6.86. The van der Waals surface area contributed by atoms with Crippen molar-refractivity contribution in [2.75, 3.05) is 0 Å². The fourth-order valence-electron chi connectivity index (χ4n) is 5.00. The van der Waals surface area contributed by atoms with E-state index >= 15 is 0 Å². The van der Waals surface area contributed by atoms with Crippen molar-refractivity contribution < 1.29 is 12.3 Å². The first-order valence-electron chi connectivity index (χ1n) is 10.8. The molecule has 0 N–H and O–H groups in total. The van der Waals surface area contributed by atoms with Crippen LogP contribution >= 0.6 is 0 Å². The highest BCUT2D eigenvalue weighted by Crippen LogP contribution is 2.45. The van der Waals surface area contributed by atoms with Gasteiger partial charge in [0.1, 0.15) is 0 Å². The van der Waals surface area contributed by atoms with E-state index in [2.05, 4.69) is 39.3 Å². The molecule has 148 valence electrons.